The lowest BCUT2D eigenvalue weighted by Gasteiger charge is -2.34. The van der Waals surface area contributed by atoms with Gasteiger partial charge in [-0.25, -0.2) is 0 Å². The summed E-state index contributed by atoms with van der Waals surface area (Å²) in [6.07, 6.45) is 1.81. The summed E-state index contributed by atoms with van der Waals surface area (Å²) in [5.74, 6) is 0.617. The summed E-state index contributed by atoms with van der Waals surface area (Å²) in [4.78, 5) is 28.4. The van der Waals surface area contributed by atoms with Gasteiger partial charge in [-0.2, -0.15) is 0 Å². The predicted octanol–water partition coefficient (Wildman–Crippen LogP) is 2.77. The van der Waals surface area contributed by atoms with Crippen LogP contribution < -0.4 is 0 Å². The minimum atomic E-state index is -0.0422. The van der Waals surface area contributed by atoms with Crippen LogP contribution in [-0.2, 0) is 11.2 Å². The van der Waals surface area contributed by atoms with Crippen molar-refractivity contribution in [2.45, 2.75) is 13.3 Å². The average Bonchev–Trinajstić information content (AvgIpc) is 3.02. The molecule has 1 saturated heterocycles. The van der Waals surface area contributed by atoms with Gasteiger partial charge in [0.25, 0.3) is 5.91 Å². The molecule has 2 amide bonds. The number of rotatable bonds is 3. The van der Waals surface area contributed by atoms with Crippen molar-refractivity contribution < 1.29 is 14.0 Å². The first-order valence-electron chi connectivity index (χ1n) is 7.91. The molecule has 0 aliphatic carbocycles. The Morgan fingerprint density at radius 1 is 1.08 bits per heavy atom. The lowest BCUT2D eigenvalue weighted by molar-refractivity contribution is -0.131. The maximum Gasteiger partial charge on any atom is 0.257 e. The second-order valence-electron chi connectivity index (χ2n) is 5.83. The Labute approximate surface area is 145 Å². The van der Waals surface area contributed by atoms with E-state index in [0.29, 0.717) is 42.5 Å². The van der Waals surface area contributed by atoms with Gasteiger partial charge in [0.15, 0.2) is 0 Å². The van der Waals surface area contributed by atoms with Crippen molar-refractivity contribution in [3.8, 4) is 0 Å². The number of piperazine rings is 1. The predicted molar refractivity (Wildman–Crippen MR) is 91.1 cm³/mol. The Bertz CT molecular complexity index is 748. The van der Waals surface area contributed by atoms with Crippen molar-refractivity contribution in [2.24, 2.45) is 0 Å². The highest BCUT2D eigenvalue weighted by Gasteiger charge is 2.26. The fourth-order valence-corrected chi connectivity index (χ4v) is 3.06. The van der Waals surface area contributed by atoms with E-state index in [9.17, 15) is 9.59 Å². The summed E-state index contributed by atoms with van der Waals surface area (Å²) in [5, 5.41) is 0.607. The summed E-state index contributed by atoms with van der Waals surface area (Å²) in [5.41, 5.74) is 1.42. The molecule has 2 heterocycles. The molecule has 0 N–H and O–H groups in total. The number of halogens is 1. The molecule has 0 unspecified atom stereocenters. The van der Waals surface area contributed by atoms with Gasteiger partial charge in [-0.15, -0.1) is 0 Å². The van der Waals surface area contributed by atoms with Crippen molar-refractivity contribution in [2.75, 3.05) is 26.2 Å². The lowest BCUT2D eigenvalue weighted by Crippen LogP contribution is -2.51. The lowest BCUT2D eigenvalue weighted by atomic mass is 10.1. The molecule has 1 aromatic carbocycles. The van der Waals surface area contributed by atoms with Gasteiger partial charge in [-0.05, 0) is 24.6 Å². The smallest absolute Gasteiger partial charge is 0.257 e. The highest BCUT2D eigenvalue weighted by molar-refractivity contribution is 6.31. The van der Waals surface area contributed by atoms with Gasteiger partial charge in [-0.3, -0.25) is 9.59 Å². The van der Waals surface area contributed by atoms with E-state index in [1.807, 2.05) is 18.2 Å². The maximum absolute atomic E-state index is 12.4. The number of furan rings is 1. The van der Waals surface area contributed by atoms with Gasteiger partial charge < -0.3 is 14.2 Å². The number of carbonyl (C=O) groups excluding carboxylic acids is 2. The molecule has 3 rings (SSSR count). The first kappa shape index (κ1) is 16.6. The Morgan fingerprint density at radius 2 is 1.75 bits per heavy atom. The maximum atomic E-state index is 12.4. The quantitative estimate of drug-likeness (QED) is 0.858. The van der Waals surface area contributed by atoms with Crippen molar-refractivity contribution in [1.82, 2.24) is 9.80 Å². The Kier molecular flexibility index (Phi) is 4.90. The van der Waals surface area contributed by atoms with Crippen LogP contribution in [0.3, 0.4) is 0 Å². The molecule has 6 heteroatoms. The molecule has 0 atom stereocenters. The Hall–Kier alpha value is -2.27. The highest BCUT2D eigenvalue weighted by Crippen LogP contribution is 2.18. The highest BCUT2D eigenvalue weighted by atomic mass is 35.5. The van der Waals surface area contributed by atoms with Crippen LogP contribution >= 0.6 is 11.6 Å². The van der Waals surface area contributed by atoms with Crippen LogP contribution in [0.25, 0.3) is 0 Å². The van der Waals surface area contributed by atoms with Gasteiger partial charge in [0, 0.05) is 31.2 Å². The van der Waals surface area contributed by atoms with Crippen LogP contribution in [0.1, 0.15) is 21.7 Å². The SMILES string of the molecule is Cc1occc1C(=O)N1CCN(C(=O)Cc2ccccc2Cl)CC1. The van der Waals surface area contributed by atoms with E-state index in [1.54, 1.807) is 28.9 Å². The first-order valence-corrected chi connectivity index (χ1v) is 8.28. The topological polar surface area (TPSA) is 53.8 Å². The molecule has 2 aromatic rings. The molecule has 0 saturated carbocycles. The fraction of sp³-hybridized carbons (Fsp3) is 0.333. The minimum Gasteiger partial charge on any atom is -0.469 e. The van der Waals surface area contributed by atoms with Crippen LogP contribution in [0.2, 0.25) is 5.02 Å². The standard InChI is InChI=1S/C18H19ClN2O3/c1-13-15(6-11-24-13)18(23)21-9-7-20(8-10-21)17(22)12-14-4-2-3-5-16(14)19/h2-6,11H,7-10,12H2,1H3. The second kappa shape index (κ2) is 7.09. The largest absolute Gasteiger partial charge is 0.469 e. The molecule has 24 heavy (non-hydrogen) atoms. The monoisotopic (exact) mass is 346 g/mol. The van der Waals surface area contributed by atoms with Gasteiger partial charge in [0.2, 0.25) is 5.91 Å². The molecule has 5 nitrogen and oxygen atoms in total. The van der Waals surface area contributed by atoms with Gasteiger partial charge in [0.1, 0.15) is 5.76 Å². The molecular formula is C18H19ClN2O3. The van der Waals surface area contributed by atoms with E-state index in [-0.39, 0.29) is 18.2 Å². The van der Waals surface area contributed by atoms with Gasteiger partial charge in [0.05, 0.1) is 18.2 Å². The van der Waals surface area contributed by atoms with Crippen LogP contribution in [0, 0.1) is 6.92 Å². The molecule has 126 valence electrons. The van der Waals surface area contributed by atoms with E-state index in [4.69, 9.17) is 16.0 Å². The average molecular weight is 347 g/mol. The van der Waals surface area contributed by atoms with E-state index in [1.165, 1.54) is 6.26 Å². The molecule has 1 aliphatic rings. The summed E-state index contributed by atoms with van der Waals surface area (Å²) in [6, 6.07) is 9.05. The Morgan fingerprint density at radius 3 is 2.38 bits per heavy atom. The summed E-state index contributed by atoms with van der Waals surface area (Å²) in [6.45, 7) is 3.89. The van der Waals surface area contributed by atoms with Gasteiger partial charge >= 0.3 is 0 Å². The fourth-order valence-electron chi connectivity index (χ4n) is 2.85. The van der Waals surface area contributed by atoms with Gasteiger partial charge in [-0.1, -0.05) is 29.8 Å². The zero-order valence-electron chi connectivity index (χ0n) is 13.5. The van der Waals surface area contributed by atoms with Crippen LogP contribution in [-0.4, -0.2) is 47.8 Å². The van der Waals surface area contributed by atoms with Crippen LogP contribution in [0.15, 0.2) is 41.0 Å². The third kappa shape index (κ3) is 3.46. The number of carbonyl (C=O) groups is 2. The zero-order chi connectivity index (χ0) is 17.1. The van der Waals surface area contributed by atoms with E-state index < -0.39 is 0 Å². The summed E-state index contributed by atoms with van der Waals surface area (Å²) in [7, 11) is 0. The molecule has 0 spiro atoms. The summed E-state index contributed by atoms with van der Waals surface area (Å²) >= 11 is 6.11. The number of hydrogen-bond donors (Lipinski definition) is 0. The Balaban J connectivity index is 1.57. The zero-order valence-corrected chi connectivity index (χ0v) is 14.3. The molecule has 0 radical (unpaired) electrons. The minimum absolute atomic E-state index is 0.0368. The van der Waals surface area contributed by atoms with Crippen LogP contribution in [0.5, 0.6) is 0 Å². The number of amides is 2. The molecule has 1 aliphatic heterocycles. The molecule has 1 aromatic heterocycles. The molecular weight excluding hydrogens is 328 g/mol. The third-order valence-electron chi connectivity index (χ3n) is 4.31. The summed E-state index contributed by atoms with van der Waals surface area (Å²) < 4.78 is 5.19. The van der Waals surface area contributed by atoms with Crippen LogP contribution in [0.4, 0.5) is 0 Å². The van der Waals surface area contributed by atoms with Crippen molar-refractivity contribution in [3.63, 3.8) is 0 Å². The van der Waals surface area contributed by atoms with E-state index >= 15 is 0 Å². The van der Waals surface area contributed by atoms with Crippen molar-refractivity contribution in [3.05, 3.63) is 58.5 Å². The first-order chi connectivity index (χ1) is 11.6. The number of benzene rings is 1. The van der Waals surface area contributed by atoms with Crippen molar-refractivity contribution >= 4 is 23.4 Å². The molecule has 1 fully saturated rings. The third-order valence-corrected chi connectivity index (χ3v) is 4.68. The van der Waals surface area contributed by atoms with E-state index in [2.05, 4.69) is 0 Å². The normalized spacial score (nSPS) is 14.8. The number of hydrogen-bond acceptors (Lipinski definition) is 3. The molecule has 0 bridgehead atoms. The van der Waals surface area contributed by atoms with E-state index in [0.717, 1.165) is 5.56 Å². The number of nitrogens with zero attached hydrogens (tertiary/aromatic N) is 2. The second-order valence-corrected chi connectivity index (χ2v) is 6.24. The number of aryl methyl sites for hydroxylation is 1. The van der Waals surface area contributed by atoms with Crippen molar-refractivity contribution in [1.29, 1.82) is 0 Å².